The molecule has 2 aliphatic rings. The fourth-order valence-electron chi connectivity index (χ4n) is 3.84. The number of rotatable bonds is 5. The van der Waals surface area contributed by atoms with E-state index in [1.54, 1.807) is 23.2 Å². The minimum Gasteiger partial charge on any atom is -0.395 e. The largest absolute Gasteiger partial charge is 0.395 e. The molecule has 152 valence electrons. The fourth-order valence-corrected chi connectivity index (χ4v) is 5.22. The van der Waals surface area contributed by atoms with Crippen LogP contribution >= 0.6 is 24.0 Å². The van der Waals surface area contributed by atoms with Gasteiger partial charge in [0.1, 0.15) is 15.8 Å². The van der Waals surface area contributed by atoms with Gasteiger partial charge in [0.2, 0.25) is 0 Å². The van der Waals surface area contributed by atoms with Gasteiger partial charge in [-0.1, -0.05) is 42.9 Å². The van der Waals surface area contributed by atoms with E-state index in [0.717, 1.165) is 31.2 Å². The van der Waals surface area contributed by atoms with Crippen molar-refractivity contribution in [3.05, 3.63) is 44.7 Å². The molecule has 0 radical (unpaired) electrons. The molecule has 1 amide bonds. The molecule has 1 saturated carbocycles. The Morgan fingerprint density at radius 3 is 2.86 bits per heavy atom. The Labute approximate surface area is 177 Å². The molecule has 1 saturated heterocycles. The van der Waals surface area contributed by atoms with Crippen molar-refractivity contribution in [2.24, 2.45) is 0 Å². The molecule has 0 spiro atoms. The number of carbonyl (C=O) groups excluding carboxylic acids is 1. The Hall–Kier alpha value is -2.23. The van der Waals surface area contributed by atoms with Gasteiger partial charge in [0.05, 0.1) is 17.1 Å². The van der Waals surface area contributed by atoms with E-state index in [0.29, 0.717) is 20.7 Å². The zero-order valence-electron chi connectivity index (χ0n) is 16.1. The Morgan fingerprint density at radius 1 is 1.38 bits per heavy atom. The number of carbonyl (C=O) groups is 1. The third-order valence-corrected chi connectivity index (χ3v) is 6.61. The minimum absolute atomic E-state index is 0.0991. The van der Waals surface area contributed by atoms with Gasteiger partial charge in [0.15, 0.2) is 0 Å². The molecule has 2 aromatic heterocycles. The van der Waals surface area contributed by atoms with Crippen LogP contribution in [0.5, 0.6) is 0 Å². The van der Waals surface area contributed by atoms with Crippen LogP contribution in [0.3, 0.4) is 0 Å². The number of hydrogen-bond donors (Lipinski definition) is 2. The molecule has 3 heterocycles. The topological polar surface area (TPSA) is 86.9 Å². The summed E-state index contributed by atoms with van der Waals surface area (Å²) in [6.07, 6.45) is 7.37. The monoisotopic (exact) mass is 430 g/mol. The van der Waals surface area contributed by atoms with Gasteiger partial charge in [-0.05, 0) is 37.5 Å². The number of hydrogen-bond acceptors (Lipinski definition) is 7. The highest BCUT2D eigenvalue weighted by atomic mass is 32.2. The predicted octanol–water partition coefficient (Wildman–Crippen LogP) is 2.55. The van der Waals surface area contributed by atoms with Gasteiger partial charge in [-0.3, -0.25) is 18.9 Å². The number of aliphatic hydroxyl groups is 1. The molecule has 1 aliphatic carbocycles. The van der Waals surface area contributed by atoms with Crippen LogP contribution in [0.25, 0.3) is 11.7 Å². The van der Waals surface area contributed by atoms with Crippen molar-refractivity contribution in [1.82, 2.24) is 14.3 Å². The summed E-state index contributed by atoms with van der Waals surface area (Å²) in [6, 6.07) is 3.82. The number of aryl methyl sites for hydroxylation is 1. The van der Waals surface area contributed by atoms with Crippen LogP contribution in [0.2, 0.25) is 0 Å². The normalized spacial score (nSPS) is 19.1. The summed E-state index contributed by atoms with van der Waals surface area (Å²) in [6.45, 7) is 2.03. The van der Waals surface area contributed by atoms with Crippen LogP contribution < -0.4 is 10.9 Å². The lowest BCUT2D eigenvalue weighted by atomic mass is 10.2. The van der Waals surface area contributed by atoms with Crippen molar-refractivity contribution >= 4 is 51.7 Å². The highest BCUT2D eigenvalue weighted by Crippen LogP contribution is 2.38. The van der Waals surface area contributed by atoms with E-state index < -0.39 is 0 Å². The van der Waals surface area contributed by atoms with E-state index in [2.05, 4.69) is 10.3 Å². The number of anilines is 1. The summed E-state index contributed by atoms with van der Waals surface area (Å²) < 4.78 is 2.02. The zero-order chi connectivity index (χ0) is 20.5. The molecule has 29 heavy (non-hydrogen) atoms. The van der Waals surface area contributed by atoms with E-state index in [1.165, 1.54) is 16.2 Å². The van der Waals surface area contributed by atoms with Gasteiger partial charge in [0.25, 0.3) is 11.5 Å². The van der Waals surface area contributed by atoms with Crippen LogP contribution in [-0.4, -0.2) is 48.8 Å². The van der Waals surface area contributed by atoms with Crippen molar-refractivity contribution in [3.8, 4) is 0 Å². The first-order valence-electron chi connectivity index (χ1n) is 9.65. The van der Waals surface area contributed by atoms with E-state index in [-0.39, 0.29) is 36.2 Å². The van der Waals surface area contributed by atoms with Gasteiger partial charge >= 0.3 is 0 Å². The van der Waals surface area contributed by atoms with Crippen molar-refractivity contribution < 1.29 is 9.90 Å². The molecule has 7 nitrogen and oxygen atoms in total. The number of aliphatic hydroxyl groups excluding tert-OH is 1. The lowest BCUT2D eigenvalue weighted by Crippen LogP contribution is -2.36. The number of aromatic nitrogens is 2. The Bertz CT molecular complexity index is 1070. The molecule has 0 aromatic carbocycles. The molecule has 2 N–H and O–H groups in total. The van der Waals surface area contributed by atoms with E-state index in [9.17, 15) is 14.7 Å². The number of thiocarbonyl (C=S) groups is 1. The molecule has 0 bridgehead atoms. The summed E-state index contributed by atoms with van der Waals surface area (Å²) in [5, 5.41) is 12.2. The van der Waals surface area contributed by atoms with Gasteiger partial charge in [-0.2, -0.15) is 0 Å². The molecule has 0 unspecified atom stereocenters. The maximum atomic E-state index is 13.2. The van der Waals surface area contributed by atoms with Crippen LogP contribution in [0.1, 0.15) is 36.8 Å². The van der Waals surface area contributed by atoms with Crippen LogP contribution in [0, 0.1) is 6.92 Å². The summed E-state index contributed by atoms with van der Waals surface area (Å²) in [5.74, 6) is 0.207. The third-order valence-electron chi connectivity index (χ3n) is 5.28. The maximum Gasteiger partial charge on any atom is 0.267 e. The second kappa shape index (κ2) is 8.25. The standard InChI is InChI=1S/C20H22N4O3S2/c1-12-5-4-9-23-17(12)22-16(21-8-10-25)14(18(23)26)11-15-19(27)24(20(28)29-15)13-6-2-3-7-13/h4-5,9,11,13,21,25H,2-3,6-8,10H2,1H3/b15-11+. The molecule has 0 atom stereocenters. The first-order valence-corrected chi connectivity index (χ1v) is 10.9. The van der Waals surface area contributed by atoms with Crippen molar-refractivity contribution in [3.63, 3.8) is 0 Å². The second-order valence-electron chi connectivity index (χ2n) is 7.20. The smallest absolute Gasteiger partial charge is 0.267 e. The van der Waals surface area contributed by atoms with Gasteiger partial charge in [-0.15, -0.1) is 0 Å². The zero-order valence-corrected chi connectivity index (χ0v) is 17.7. The van der Waals surface area contributed by atoms with Crippen LogP contribution in [0.15, 0.2) is 28.0 Å². The first-order chi connectivity index (χ1) is 14.0. The average molecular weight is 431 g/mol. The summed E-state index contributed by atoms with van der Waals surface area (Å²) in [7, 11) is 0. The third kappa shape index (κ3) is 3.70. The Morgan fingerprint density at radius 2 is 2.14 bits per heavy atom. The second-order valence-corrected chi connectivity index (χ2v) is 8.88. The highest BCUT2D eigenvalue weighted by molar-refractivity contribution is 8.26. The number of thioether (sulfide) groups is 1. The fraction of sp³-hybridized carbons (Fsp3) is 0.400. The first kappa shape index (κ1) is 20.1. The van der Waals surface area contributed by atoms with Crippen molar-refractivity contribution in [2.75, 3.05) is 18.5 Å². The van der Waals surface area contributed by atoms with Gasteiger partial charge in [-0.25, -0.2) is 4.98 Å². The van der Waals surface area contributed by atoms with Gasteiger partial charge < -0.3 is 10.4 Å². The highest BCUT2D eigenvalue weighted by Gasteiger charge is 2.38. The number of nitrogens with zero attached hydrogens (tertiary/aromatic N) is 3. The van der Waals surface area contributed by atoms with E-state index >= 15 is 0 Å². The average Bonchev–Trinajstić information content (AvgIpc) is 3.31. The van der Waals surface area contributed by atoms with E-state index in [4.69, 9.17) is 12.2 Å². The Kier molecular flexibility index (Phi) is 5.71. The molecule has 9 heteroatoms. The Balaban J connectivity index is 1.80. The lowest BCUT2D eigenvalue weighted by molar-refractivity contribution is -0.123. The predicted molar refractivity (Wildman–Crippen MR) is 119 cm³/mol. The molecule has 1 aliphatic heterocycles. The van der Waals surface area contributed by atoms with Crippen LogP contribution in [-0.2, 0) is 4.79 Å². The van der Waals surface area contributed by atoms with E-state index in [1.807, 2.05) is 13.0 Å². The number of amides is 1. The van der Waals surface area contributed by atoms with Crippen molar-refractivity contribution in [2.45, 2.75) is 38.6 Å². The summed E-state index contributed by atoms with van der Waals surface area (Å²) in [5.41, 5.74) is 1.41. The molecular formula is C20H22N4O3S2. The van der Waals surface area contributed by atoms with Crippen molar-refractivity contribution in [1.29, 1.82) is 0 Å². The summed E-state index contributed by atoms with van der Waals surface area (Å²) in [4.78, 5) is 32.9. The SMILES string of the molecule is Cc1cccn2c(=O)c(/C=C3/SC(=S)N(C4CCCC4)C3=O)c(NCCO)nc12. The maximum absolute atomic E-state index is 13.2. The quantitative estimate of drug-likeness (QED) is 0.557. The number of nitrogens with one attached hydrogen (secondary N) is 1. The van der Waals surface area contributed by atoms with Gasteiger partial charge in [0, 0.05) is 18.8 Å². The molecule has 2 aromatic rings. The lowest BCUT2D eigenvalue weighted by Gasteiger charge is -2.21. The number of pyridine rings is 1. The molecule has 4 rings (SSSR count). The number of fused-ring (bicyclic) bond motifs is 1. The molecular weight excluding hydrogens is 408 g/mol. The molecule has 2 fully saturated rings. The van der Waals surface area contributed by atoms with Crippen LogP contribution in [0.4, 0.5) is 5.82 Å². The summed E-state index contributed by atoms with van der Waals surface area (Å²) >= 11 is 6.69. The minimum atomic E-state index is -0.273.